The Labute approximate surface area is 107 Å². The minimum Gasteiger partial charge on any atom is -0.480 e. The van der Waals surface area contributed by atoms with Crippen molar-refractivity contribution >= 4 is 11.9 Å². The number of amides is 1. The smallest absolute Gasteiger partial charge is 0.326 e. The molecule has 6 nitrogen and oxygen atoms in total. The van der Waals surface area contributed by atoms with Gasteiger partial charge in [0.05, 0.1) is 19.1 Å². The number of rotatable bonds is 4. The highest BCUT2D eigenvalue weighted by molar-refractivity contribution is 5.84. The van der Waals surface area contributed by atoms with Crippen molar-refractivity contribution in [2.24, 2.45) is 5.41 Å². The molecule has 0 bridgehead atoms. The molecule has 1 saturated heterocycles. The van der Waals surface area contributed by atoms with Gasteiger partial charge in [-0.3, -0.25) is 4.79 Å². The third kappa shape index (κ3) is 4.62. The average Bonchev–Trinajstić information content (AvgIpc) is 2.25. The molecule has 0 aliphatic carbocycles. The molecular formula is C12H22N2O4. The van der Waals surface area contributed by atoms with E-state index in [2.05, 4.69) is 10.6 Å². The van der Waals surface area contributed by atoms with Crippen molar-refractivity contribution in [3.8, 4) is 0 Å². The number of carboxylic acid groups (broad SMARTS) is 1. The maximum Gasteiger partial charge on any atom is 0.326 e. The standard InChI is InChI=1S/C12H22N2O4/c1-12(2,3)10(11(16)17)14-9(15)6-8-7-13-4-5-18-8/h8,10,13H,4-7H2,1-3H3,(H,14,15)(H,16,17)/t8?,10-/m1/s1. The minimum atomic E-state index is -1.02. The summed E-state index contributed by atoms with van der Waals surface area (Å²) >= 11 is 0. The Morgan fingerprint density at radius 1 is 1.50 bits per heavy atom. The molecule has 2 atom stereocenters. The fraction of sp³-hybridized carbons (Fsp3) is 0.833. The van der Waals surface area contributed by atoms with Gasteiger partial charge in [-0.15, -0.1) is 0 Å². The molecule has 1 unspecified atom stereocenters. The van der Waals surface area contributed by atoms with E-state index in [4.69, 9.17) is 9.84 Å². The van der Waals surface area contributed by atoms with Crippen LogP contribution < -0.4 is 10.6 Å². The van der Waals surface area contributed by atoms with Crippen LogP contribution >= 0.6 is 0 Å². The lowest BCUT2D eigenvalue weighted by Gasteiger charge is -2.29. The van der Waals surface area contributed by atoms with E-state index < -0.39 is 17.4 Å². The molecule has 6 heteroatoms. The molecule has 0 spiro atoms. The van der Waals surface area contributed by atoms with E-state index in [1.807, 2.05) is 0 Å². The summed E-state index contributed by atoms with van der Waals surface area (Å²) in [7, 11) is 0. The van der Waals surface area contributed by atoms with Crippen molar-refractivity contribution in [3.63, 3.8) is 0 Å². The summed E-state index contributed by atoms with van der Waals surface area (Å²) in [6, 6.07) is -0.887. The zero-order valence-corrected chi connectivity index (χ0v) is 11.2. The molecule has 1 fully saturated rings. The highest BCUT2D eigenvalue weighted by Gasteiger charge is 2.33. The Morgan fingerprint density at radius 3 is 2.61 bits per heavy atom. The summed E-state index contributed by atoms with van der Waals surface area (Å²) in [5.74, 6) is -1.30. The number of carbonyl (C=O) groups excluding carboxylic acids is 1. The number of aliphatic carboxylic acids is 1. The van der Waals surface area contributed by atoms with Gasteiger partial charge in [0.2, 0.25) is 5.91 Å². The lowest BCUT2D eigenvalue weighted by molar-refractivity contribution is -0.145. The van der Waals surface area contributed by atoms with Gasteiger partial charge >= 0.3 is 5.97 Å². The fourth-order valence-corrected chi connectivity index (χ4v) is 1.83. The molecule has 0 aromatic heterocycles. The molecule has 3 N–H and O–H groups in total. The third-order valence-electron chi connectivity index (χ3n) is 2.84. The molecular weight excluding hydrogens is 236 g/mol. The SMILES string of the molecule is CC(C)(C)[C@H](NC(=O)CC1CNCCO1)C(=O)O. The van der Waals surface area contributed by atoms with Gasteiger partial charge in [-0.25, -0.2) is 4.79 Å². The van der Waals surface area contributed by atoms with Crippen LogP contribution in [0.1, 0.15) is 27.2 Å². The molecule has 1 amide bonds. The fourth-order valence-electron chi connectivity index (χ4n) is 1.83. The maximum atomic E-state index is 11.8. The van der Waals surface area contributed by atoms with Crippen molar-refractivity contribution in [2.75, 3.05) is 19.7 Å². The van der Waals surface area contributed by atoms with Gasteiger partial charge in [0.1, 0.15) is 6.04 Å². The number of carboxylic acids is 1. The van der Waals surface area contributed by atoms with E-state index in [1.54, 1.807) is 20.8 Å². The molecule has 0 radical (unpaired) electrons. The van der Waals surface area contributed by atoms with Gasteiger partial charge in [-0.1, -0.05) is 20.8 Å². The van der Waals surface area contributed by atoms with E-state index in [1.165, 1.54) is 0 Å². The van der Waals surface area contributed by atoms with Crippen LogP contribution in [0.5, 0.6) is 0 Å². The first-order valence-electron chi connectivity index (χ1n) is 6.15. The quantitative estimate of drug-likeness (QED) is 0.659. The predicted octanol–water partition coefficient (Wildman–Crippen LogP) is -0.0196. The Kier molecular flexibility index (Phi) is 5.10. The summed E-state index contributed by atoms with van der Waals surface area (Å²) in [5.41, 5.74) is -0.521. The van der Waals surface area contributed by atoms with Crippen molar-refractivity contribution in [1.29, 1.82) is 0 Å². The van der Waals surface area contributed by atoms with E-state index >= 15 is 0 Å². The summed E-state index contributed by atoms with van der Waals surface area (Å²) in [4.78, 5) is 22.9. The Bertz CT molecular complexity index is 306. The second-order valence-corrected chi connectivity index (χ2v) is 5.61. The maximum absolute atomic E-state index is 11.8. The zero-order chi connectivity index (χ0) is 13.8. The van der Waals surface area contributed by atoms with Crippen molar-refractivity contribution in [1.82, 2.24) is 10.6 Å². The van der Waals surface area contributed by atoms with Crippen LogP contribution in [0.25, 0.3) is 0 Å². The van der Waals surface area contributed by atoms with Crippen molar-refractivity contribution < 1.29 is 19.4 Å². The van der Waals surface area contributed by atoms with Crippen molar-refractivity contribution in [2.45, 2.75) is 39.3 Å². The van der Waals surface area contributed by atoms with Crippen LogP contribution in [0, 0.1) is 5.41 Å². The van der Waals surface area contributed by atoms with E-state index in [-0.39, 0.29) is 18.4 Å². The van der Waals surface area contributed by atoms with Gasteiger partial charge < -0.3 is 20.5 Å². The summed E-state index contributed by atoms with van der Waals surface area (Å²) in [6.07, 6.45) is 0.0144. The lowest BCUT2D eigenvalue weighted by Crippen LogP contribution is -2.50. The lowest BCUT2D eigenvalue weighted by atomic mass is 9.86. The third-order valence-corrected chi connectivity index (χ3v) is 2.84. The van der Waals surface area contributed by atoms with E-state index in [0.717, 1.165) is 6.54 Å². The predicted molar refractivity (Wildman–Crippen MR) is 66.2 cm³/mol. The Hall–Kier alpha value is -1.14. The number of carbonyl (C=O) groups is 2. The van der Waals surface area contributed by atoms with Crippen LogP contribution in [0.3, 0.4) is 0 Å². The van der Waals surface area contributed by atoms with E-state index in [9.17, 15) is 9.59 Å². The van der Waals surface area contributed by atoms with Gasteiger partial charge in [0, 0.05) is 13.1 Å². The molecule has 1 rings (SSSR count). The number of hydrogen-bond acceptors (Lipinski definition) is 4. The zero-order valence-electron chi connectivity index (χ0n) is 11.2. The highest BCUT2D eigenvalue weighted by Crippen LogP contribution is 2.19. The Balaban J connectivity index is 2.48. The molecule has 1 aliphatic rings. The van der Waals surface area contributed by atoms with Crippen LogP contribution in [-0.2, 0) is 14.3 Å². The molecule has 104 valence electrons. The molecule has 1 aliphatic heterocycles. The first-order valence-corrected chi connectivity index (χ1v) is 6.15. The summed E-state index contributed by atoms with van der Waals surface area (Å²) < 4.78 is 5.41. The average molecular weight is 258 g/mol. The van der Waals surface area contributed by atoms with Gasteiger partial charge in [-0.2, -0.15) is 0 Å². The van der Waals surface area contributed by atoms with Crippen LogP contribution in [-0.4, -0.2) is 48.8 Å². The number of nitrogens with one attached hydrogen (secondary N) is 2. The van der Waals surface area contributed by atoms with Gasteiger partial charge in [-0.05, 0) is 5.41 Å². The largest absolute Gasteiger partial charge is 0.480 e. The van der Waals surface area contributed by atoms with Crippen LogP contribution in [0.4, 0.5) is 0 Å². The van der Waals surface area contributed by atoms with Crippen LogP contribution in [0.2, 0.25) is 0 Å². The highest BCUT2D eigenvalue weighted by atomic mass is 16.5. The molecule has 0 aromatic rings. The molecule has 0 saturated carbocycles. The van der Waals surface area contributed by atoms with E-state index in [0.29, 0.717) is 13.2 Å². The number of ether oxygens (including phenoxy) is 1. The monoisotopic (exact) mass is 258 g/mol. The molecule has 1 heterocycles. The summed E-state index contributed by atoms with van der Waals surface area (Å²) in [6.45, 7) is 7.35. The molecule has 18 heavy (non-hydrogen) atoms. The number of morpholine rings is 1. The second-order valence-electron chi connectivity index (χ2n) is 5.61. The normalized spacial score (nSPS) is 22.3. The first-order chi connectivity index (χ1) is 8.30. The number of hydrogen-bond donors (Lipinski definition) is 3. The van der Waals surface area contributed by atoms with Crippen molar-refractivity contribution in [3.05, 3.63) is 0 Å². The minimum absolute atomic E-state index is 0.173. The van der Waals surface area contributed by atoms with Gasteiger partial charge in [0.25, 0.3) is 0 Å². The Morgan fingerprint density at radius 2 is 2.17 bits per heavy atom. The second kappa shape index (κ2) is 6.15. The summed E-state index contributed by atoms with van der Waals surface area (Å²) in [5, 5.41) is 14.8. The molecule has 0 aromatic carbocycles. The topological polar surface area (TPSA) is 87.7 Å². The van der Waals surface area contributed by atoms with Crippen LogP contribution in [0.15, 0.2) is 0 Å². The first kappa shape index (κ1) is 14.9. The van der Waals surface area contributed by atoms with Gasteiger partial charge in [0.15, 0.2) is 0 Å².